The van der Waals surface area contributed by atoms with Crippen LogP contribution in [0.2, 0.25) is 0 Å². The minimum atomic E-state index is 0.0820. The lowest BCUT2D eigenvalue weighted by Gasteiger charge is -2.37. The maximum Gasteiger partial charge on any atom is 0.0786 e. The number of hydrogen-bond acceptors (Lipinski definition) is 1. The van der Waals surface area contributed by atoms with E-state index in [9.17, 15) is 5.11 Å². The Morgan fingerprint density at radius 1 is 1.28 bits per heavy atom. The second kappa shape index (κ2) is 7.30. The topological polar surface area (TPSA) is 20.2 Å². The van der Waals surface area contributed by atoms with E-state index in [4.69, 9.17) is 0 Å². The summed E-state index contributed by atoms with van der Waals surface area (Å²) in [6.45, 7) is 12.0. The molecule has 0 aromatic heterocycles. The van der Waals surface area contributed by atoms with Crippen LogP contribution < -0.4 is 0 Å². The van der Waals surface area contributed by atoms with Gasteiger partial charge >= 0.3 is 0 Å². The Morgan fingerprint density at radius 2 is 1.83 bits per heavy atom. The third-order valence-corrected chi connectivity index (χ3v) is 4.01. The lowest BCUT2D eigenvalue weighted by molar-refractivity contribution is -0.871. The summed E-state index contributed by atoms with van der Waals surface area (Å²) in [7, 11) is 6.66. The average Bonchev–Trinajstić information content (AvgIpc) is 2.25. The second-order valence-corrected chi connectivity index (χ2v) is 7.12. The summed E-state index contributed by atoms with van der Waals surface area (Å²) >= 11 is 0. The molecule has 0 aromatic rings. The zero-order chi connectivity index (χ0) is 14.4. The van der Waals surface area contributed by atoms with Gasteiger partial charge in [-0.1, -0.05) is 32.4 Å². The third kappa shape index (κ3) is 6.55. The van der Waals surface area contributed by atoms with E-state index < -0.39 is 0 Å². The van der Waals surface area contributed by atoms with Crippen LogP contribution in [0.3, 0.4) is 0 Å². The summed E-state index contributed by atoms with van der Waals surface area (Å²) in [4.78, 5) is 0. The molecule has 1 N–H and O–H groups in total. The molecule has 0 aliphatic carbocycles. The highest BCUT2D eigenvalue weighted by molar-refractivity contribution is 4.97. The highest BCUT2D eigenvalue weighted by atomic mass is 16.3. The summed E-state index contributed by atoms with van der Waals surface area (Å²) in [6, 6.07) is 0. The van der Waals surface area contributed by atoms with Crippen LogP contribution in [0.4, 0.5) is 0 Å². The van der Waals surface area contributed by atoms with Crippen molar-refractivity contribution in [2.75, 3.05) is 34.3 Å². The van der Waals surface area contributed by atoms with E-state index in [0.29, 0.717) is 12.5 Å². The van der Waals surface area contributed by atoms with Gasteiger partial charge in [-0.15, -0.1) is 0 Å². The Morgan fingerprint density at radius 3 is 2.17 bits per heavy atom. The molecule has 0 saturated heterocycles. The van der Waals surface area contributed by atoms with E-state index >= 15 is 0 Å². The van der Waals surface area contributed by atoms with Crippen molar-refractivity contribution in [3.05, 3.63) is 12.2 Å². The molecule has 0 rings (SSSR count). The van der Waals surface area contributed by atoms with Gasteiger partial charge in [-0.05, 0) is 31.1 Å². The van der Waals surface area contributed by atoms with Gasteiger partial charge in [0.25, 0.3) is 0 Å². The zero-order valence-electron chi connectivity index (χ0n) is 13.4. The highest BCUT2D eigenvalue weighted by Crippen LogP contribution is 2.37. The predicted molar refractivity (Wildman–Crippen MR) is 80.5 cm³/mol. The number of quaternary nitrogens is 1. The largest absolute Gasteiger partial charge is 0.396 e. The van der Waals surface area contributed by atoms with Crippen LogP contribution in [0.25, 0.3) is 0 Å². The molecule has 0 saturated carbocycles. The molecule has 2 unspecified atom stereocenters. The van der Waals surface area contributed by atoms with Crippen molar-refractivity contribution >= 4 is 0 Å². The number of nitrogens with zero attached hydrogens (tertiary/aromatic N) is 1. The van der Waals surface area contributed by atoms with Crippen LogP contribution in [0.15, 0.2) is 12.2 Å². The first-order valence-corrected chi connectivity index (χ1v) is 7.22. The second-order valence-electron chi connectivity index (χ2n) is 7.12. The number of allylic oxidation sites excluding steroid dienone is 1. The summed E-state index contributed by atoms with van der Waals surface area (Å²) in [5.74, 6) is 0.496. The zero-order valence-corrected chi connectivity index (χ0v) is 13.4. The van der Waals surface area contributed by atoms with Crippen molar-refractivity contribution in [2.45, 2.75) is 46.5 Å². The van der Waals surface area contributed by atoms with Crippen LogP contribution in [0.5, 0.6) is 0 Å². The van der Waals surface area contributed by atoms with E-state index in [0.717, 1.165) is 36.7 Å². The molecule has 18 heavy (non-hydrogen) atoms. The van der Waals surface area contributed by atoms with Gasteiger partial charge in [-0.2, -0.15) is 0 Å². The molecule has 2 atom stereocenters. The van der Waals surface area contributed by atoms with Crippen LogP contribution in [-0.4, -0.2) is 43.9 Å². The minimum absolute atomic E-state index is 0.0820. The smallest absolute Gasteiger partial charge is 0.0786 e. The van der Waals surface area contributed by atoms with Crippen LogP contribution in [0.1, 0.15) is 46.5 Å². The lowest BCUT2D eigenvalue weighted by atomic mass is 9.73. The van der Waals surface area contributed by atoms with Crippen molar-refractivity contribution in [2.24, 2.45) is 11.3 Å². The number of aliphatic hydroxyl groups excluding tert-OH is 1. The van der Waals surface area contributed by atoms with Gasteiger partial charge in [0.05, 0.1) is 27.7 Å². The average molecular weight is 256 g/mol. The first-order valence-electron chi connectivity index (χ1n) is 7.22. The standard InChI is InChI=1S/C16H34NO/c1-8-9-16(13-18,10-11-17(5,6)7)12-15(4)14(2)3/h15,18H,2,8-13H2,1,3-7H3/q+1. The molecule has 0 radical (unpaired) electrons. The van der Waals surface area contributed by atoms with Gasteiger partial charge < -0.3 is 9.59 Å². The number of rotatable bonds is 9. The van der Waals surface area contributed by atoms with Crippen molar-refractivity contribution < 1.29 is 9.59 Å². The third-order valence-electron chi connectivity index (χ3n) is 4.01. The Balaban J connectivity index is 4.75. The summed E-state index contributed by atoms with van der Waals surface area (Å²) in [5.41, 5.74) is 1.31. The fourth-order valence-corrected chi connectivity index (χ4v) is 2.48. The highest BCUT2D eigenvalue weighted by Gasteiger charge is 2.32. The maximum absolute atomic E-state index is 9.90. The first-order chi connectivity index (χ1) is 8.16. The van der Waals surface area contributed by atoms with Gasteiger partial charge in [0.15, 0.2) is 0 Å². The summed E-state index contributed by atoms with van der Waals surface area (Å²) in [5, 5.41) is 9.90. The first kappa shape index (κ1) is 17.7. The Labute approximate surface area is 114 Å². The molecule has 0 aliphatic heterocycles. The number of aliphatic hydroxyl groups is 1. The molecule has 2 nitrogen and oxygen atoms in total. The summed E-state index contributed by atoms with van der Waals surface area (Å²) < 4.78 is 0.965. The van der Waals surface area contributed by atoms with E-state index in [-0.39, 0.29) is 5.41 Å². The predicted octanol–water partition coefficient (Wildman–Crippen LogP) is 3.46. The van der Waals surface area contributed by atoms with Crippen molar-refractivity contribution in [3.8, 4) is 0 Å². The number of hydrogen-bond donors (Lipinski definition) is 1. The molecule has 2 heteroatoms. The molecular weight excluding hydrogens is 222 g/mol. The van der Waals surface area contributed by atoms with Crippen molar-refractivity contribution in [3.63, 3.8) is 0 Å². The fraction of sp³-hybridized carbons (Fsp3) is 0.875. The molecule has 0 aromatic carbocycles. The molecular formula is C16H34NO+. The molecule has 0 fully saturated rings. The molecule has 0 bridgehead atoms. The van der Waals surface area contributed by atoms with Gasteiger partial charge in [-0.25, -0.2) is 0 Å². The Kier molecular flexibility index (Phi) is 7.16. The van der Waals surface area contributed by atoms with Crippen LogP contribution >= 0.6 is 0 Å². The van der Waals surface area contributed by atoms with E-state index in [1.807, 2.05) is 0 Å². The van der Waals surface area contributed by atoms with Crippen LogP contribution in [0, 0.1) is 11.3 Å². The molecule has 0 aliphatic rings. The van der Waals surface area contributed by atoms with Gasteiger partial charge in [0.1, 0.15) is 0 Å². The summed E-state index contributed by atoms with van der Waals surface area (Å²) in [6.07, 6.45) is 4.41. The Bertz CT molecular complexity index is 254. The van der Waals surface area contributed by atoms with Crippen molar-refractivity contribution in [1.29, 1.82) is 0 Å². The van der Waals surface area contributed by atoms with E-state index in [1.54, 1.807) is 0 Å². The van der Waals surface area contributed by atoms with E-state index in [2.05, 4.69) is 48.5 Å². The Hall–Kier alpha value is -0.340. The van der Waals surface area contributed by atoms with Gasteiger partial charge in [0, 0.05) is 13.0 Å². The van der Waals surface area contributed by atoms with Crippen LogP contribution in [-0.2, 0) is 0 Å². The molecule has 0 spiro atoms. The van der Waals surface area contributed by atoms with Crippen molar-refractivity contribution in [1.82, 2.24) is 0 Å². The molecule has 108 valence electrons. The lowest BCUT2D eigenvalue weighted by Crippen LogP contribution is -2.40. The monoisotopic (exact) mass is 256 g/mol. The van der Waals surface area contributed by atoms with Gasteiger partial charge in [-0.3, -0.25) is 0 Å². The minimum Gasteiger partial charge on any atom is -0.396 e. The normalized spacial score (nSPS) is 17.3. The van der Waals surface area contributed by atoms with Gasteiger partial charge in [0.2, 0.25) is 0 Å². The molecule has 0 heterocycles. The molecule has 0 amide bonds. The SMILES string of the molecule is C=C(C)C(C)CC(CO)(CCC)CC[N+](C)(C)C. The van der Waals surface area contributed by atoms with E-state index in [1.165, 1.54) is 5.57 Å². The fourth-order valence-electron chi connectivity index (χ4n) is 2.48. The maximum atomic E-state index is 9.90. The quantitative estimate of drug-likeness (QED) is 0.495.